The number of para-hydroxylation sites is 4. The lowest BCUT2D eigenvalue weighted by Crippen LogP contribution is -2.14. The van der Waals surface area contributed by atoms with Gasteiger partial charge in [0.15, 0.2) is 0 Å². The number of allylic oxidation sites excluding steroid dienone is 1. The second-order valence-electron chi connectivity index (χ2n) is 18.5. The average Bonchev–Trinajstić information content (AvgIpc) is 3.83. The van der Waals surface area contributed by atoms with Gasteiger partial charge < -0.3 is 24.0 Å². The van der Waals surface area contributed by atoms with Gasteiger partial charge in [-0.05, 0) is 175 Å². The molecule has 0 N–H and O–H groups in total. The van der Waals surface area contributed by atoms with Gasteiger partial charge in [-0.1, -0.05) is 133 Å². The first kappa shape index (κ1) is 43.4. The maximum absolute atomic E-state index is 6.70. The second kappa shape index (κ2) is 19.0. The minimum absolute atomic E-state index is 0.838. The van der Waals surface area contributed by atoms with E-state index in [0.717, 1.165) is 97.3 Å². The van der Waals surface area contributed by atoms with E-state index in [-0.39, 0.29) is 0 Å². The summed E-state index contributed by atoms with van der Waals surface area (Å²) in [5, 5.41) is 4.45. The van der Waals surface area contributed by atoms with Gasteiger partial charge >= 0.3 is 0 Å². The fourth-order valence-electron chi connectivity index (χ4n) is 10.7. The van der Waals surface area contributed by atoms with Crippen molar-refractivity contribution < 1.29 is 4.42 Å². The first-order valence-electron chi connectivity index (χ1n) is 25.1. The van der Waals surface area contributed by atoms with Crippen molar-refractivity contribution in [3.8, 4) is 0 Å². The molecule has 5 nitrogen and oxygen atoms in total. The summed E-state index contributed by atoms with van der Waals surface area (Å²) in [6.45, 7) is 0. The number of benzene rings is 11. The highest BCUT2D eigenvalue weighted by atomic mass is 16.3. The van der Waals surface area contributed by atoms with E-state index in [9.17, 15) is 0 Å². The van der Waals surface area contributed by atoms with Crippen LogP contribution in [0.1, 0.15) is 17.5 Å². The molecule has 348 valence electrons. The van der Waals surface area contributed by atoms with E-state index >= 15 is 0 Å². The Morgan fingerprint density at radius 2 is 0.671 bits per heavy atom. The van der Waals surface area contributed by atoms with Gasteiger partial charge in [0.25, 0.3) is 0 Å². The molecule has 0 radical (unpaired) electrons. The third-order valence-corrected chi connectivity index (χ3v) is 14.0. The topological polar surface area (TPSA) is 26.1 Å². The average molecular weight is 939 g/mol. The molecule has 0 saturated heterocycles. The molecule has 0 fully saturated rings. The van der Waals surface area contributed by atoms with Gasteiger partial charge in [-0.15, -0.1) is 0 Å². The van der Waals surface area contributed by atoms with Gasteiger partial charge in [0.1, 0.15) is 11.2 Å². The Hall–Kier alpha value is -9.58. The lowest BCUT2D eigenvalue weighted by atomic mass is 9.94. The first-order valence-corrected chi connectivity index (χ1v) is 25.1. The van der Waals surface area contributed by atoms with Gasteiger partial charge in [-0.3, -0.25) is 0 Å². The standard InChI is InChI=1S/C68H50N4O/c1-5-23-51(24-6-1)69(52-25-7-2-8-26-52)55-35-39-57(40-36-55)71(65-33-17-21-49-19-13-15-31-61(49)65)59-43-45-67-63(47-59)64-48-60(44-46-68(64)73-67)72(66-34-18-22-50-20-14-16-32-62(50)66)58-41-37-56(38-42-58)70(53-27-9-3-10-28-53)54-29-11-4-12-30-54/h1-15,17-31,33-48H,16,32H2. The predicted molar refractivity (Wildman–Crippen MR) is 307 cm³/mol. The fourth-order valence-corrected chi connectivity index (χ4v) is 10.7. The lowest BCUT2D eigenvalue weighted by Gasteiger charge is -2.30. The maximum Gasteiger partial charge on any atom is 0.135 e. The summed E-state index contributed by atoms with van der Waals surface area (Å²) in [7, 11) is 0. The molecular formula is C68H50N4O. The molecule has 0 spiro atoms. The van der Waals surface area contributed by atoms with Gasteiger partial charge in [-0.25, -0.2) is 0 Å². The molecule has 0 bridgehead atoms. The van der Waals surface area contributed by atoms with E-state index < -0.39 is 0 Å². The molecule has 1 aliphatic carbocycles. The number of rotatable bonds is 12. The maximum atomic E-state index is 6.70. The molecule has 0 amide bonds. The summed E-state index contributed by atoms with van der Waals surface area (Å²) in [5.41, 5.74) is 17.3. The zero-order valence-electron chi connectivity index (χ0n) is 40.2. The molecule has 0 aliphatic heterocycles. The molecule has 0 unspecified atom stereocenters. The highest BCUT2D eigenvalue weighted by Gasteiger charge is 2.23. The molecule has 13 rings (SSSR count). The third kappa shape index (κ3) is 8.23. The van der Waals surface area contributed by atoms with Crippen molar-refractivity contribution >= 4 is 107 Å². The van der Waals surface area contributed by atoms with Gasteiger partial charge in [-0.2, -0.15) is 0 Å². The summed E-state index contributed by atoms with van der Waals surface area (Å²) < 4.78 is 6.70. The molecule has 5 heteroatoms. The van der Waals surface area contributed by atoms with Crippen LogP contribution in [-0.4, -0.2) is 0 Å². The normalized spacial score (nSPS) is 11.9. The number of hydrogen-bond donors (Lipinski definition) is 0. The van der Waals surface area contributed by atoms with Crippen molar-refractivity contribution in [3.63, 3.8) is 0 Å². The van der Waals surface area contributed by atoms with Gasteiger partial charge in [0.05, 0.1) is 5.69 Å². The van der Waals surface area contributed by atoms with Crippen molar-refractivity contribution in [2.45, 2.75) is 12.8 Å². The van der Waals surface area contributed by atoms with Crippen LogP contribution in [0.2, 0.25) is 0 Å². The van der Waals surface area contributed by atoms with Crippen LogP contribution in [0.3, 0.4) is 0 Å². The summed E-state index contributed by atoms with van der Waals surface area (Å²) in [5.74, 6) is 0. The Kier molecular flexibility index (Phi) is 11.3. The van der Waals surface area contributed by atoms with Crippen molar-refractivity contribution in [1.29, 1.82) is 0 Å². The summed E-state index contributed by atoms with van der Waals surface area (Å²) in [4.78, 5) is 9.42. The smallest absolute Gasteiger partial charge is 0.135 e. The molecule has 0 atom stereocenters. The molecule has 0 saturated carbocycles. The molecule has 1 aliphatic rings. The molecule has 1 heterocycles. The third-order valence-electron chi connectivity index (χ3n) is 14.0. The van der Waals surface area contributed by atoms with Crippen LogP contribution in [0.25, 0.3) is 38.8 Å². The summed E-state index contributed by atoms with van der Waals surface area (Å²) in [6.07, 6.45) is 6.53. The molecule has 12 aromatic rings. The van der Waals surface area contributed by atoms with E-state index in [0.29, 0.717) is 0 Å². The predicted octanol–water partition coefficient (Wildman–Crippen LogP) is 19.6. The Morgan fingerprint density at radius 3 is 1.18 bits per heavy atom. The minimum atomic E-state index is 0.838. The van der Waals surface area contributed by atoms with Crippen molar-refractivity contribution in [3.05, 3.63) is 284 Å². The highest BCUT2D eigenvalue weighted by Crippen LogP contribution is 2.46. The number of anilines is 12. The van der Waals surface area contributed by atoms with E-state index in [4.69, 9.17) is 4.42 Å². The molecule has 11 aromatic carbocycles. The minimum Gasteiger partial charge on any atom is -0.456 e. The highest BCUT2D eigenvalue weighted by molar-refractivity contribution is 6.09. The van der Waals surface area contributed by atoms with Crippen LogP contribution in [0, 0.1) is 0 Å². The molecular weight excluding hydrogens is 889 g/mol. The largest absolute Gasteiger partial charge is 0.456 e. The number of nitrogens with zero attached hydrogens (tertiary/aromatic N) is 4. The summed E-state index contributed by atoms with van der Waals surface area (Å²) in [6, 6.07) is 95.4. The van der Waals surface area contributed by atoms with E-state index in [1.165, 1.54) is 27.6 Å². The SMILES string of the molecule is C1=Cc2cccc(N(c3ccc(N(c4ccccc4)c4ccccc4)cc3)c3ccc4oc5ccc(N(c6ccc(N(c7ccccc7)c7ccccc7)cc6)c6cccc7ccccc67)cc5c4c3)c2CC1. The quantitative estimate of drug-likeness (QED) is 0.122. The van der Waals surface area contributed by atoms with Crippen LogP contribution in [0.4, 0.5) is 68.2 Å². The Bertz CT molecular complexity index is 3830. The number of furan rings is 1. The zero-order chi connectivity index (χ0) is 48.5. The second-order valence-corrected chi connectivity index (χ2v) is 18.5. The Labute approximate surface area is 426 Å². The Morgan fingerprint density at radius 1 is 0.288 bits per heavy atom. The van der Waals surface area contributed by atoms with Crippen molar-refractivity contribution in [2.75, 3.05) is 19.6 Å². The van der Waals surface area contributed by atoms with Crippen LogP contribution in [-0.2, 0) is 6.42 Å². The van der Waals surface area contributed by atoms with E-state index in [1.807, 2.05) is 0 Å². The van der Waals surface area contributed by atoms with Crippen LogP contribution in [0.15, 0.2) is 277 Å². The van der Waals surface area contributed by atoms with Gasteiger partial charge in [0, 0.05) is 78.7 Å². The van der Waals surface area contributed by atoms with Gasteiger partial charge in [0.2, 0.25) is 0 Å². The van der Waals surface area contributed by atoms with Crippen LogP contribution in [0.5, 0.6) is 0 Å². The fraction of sp³-hybridized carbons (Fsp3) is 0.0294. The molecule has 73 heavy (non-hydrogen) atoms. The number of fused-ring (bicyclic) bond motifs is 5. The lowest BCUT2D eigenvalue weighted by molar-refractivity contribution is 0.669. The monoisotopic (exact) mass is 938 g/mol. The van der Waals surface area contributed by atoms with E-state index in [2.05, 4.69) is 299 Å². The van der Waals surface area contributed by atoms with Crippen LogP contribution >= 0.6 is 0 Å². The molecule has 1 aromatic heterocycles. The van der Waals surface area contributed by atoms with Crippen molar-refractivity contribution in [2.24, 2.45) is 0 Å². The van der Waals surface area contributed by atoms with Crippen molar-refractivity contribution in [1.82, 2.24) is 0 Å². The zero-order valence-corrected chi connectivity index (χ0v) is 40.2. The summed E-state index contributed by atoms with van der Waals surface area (Å²) >= 11 is 0. The van der Waals surface area contributed by atoms with Crippen LogP contribution < -0.4 is 19.6 Å². The van der Waals surface area contributed by atoms with E-state index in [1.54, 1.807) is 0 Å². The number of hydrogen-bond acceptors (Lipinski definition) is 5. The Balaban J connectivity index is 0.943. The first-order chi connectivity index (χ1) is 36.2.